The number of fused-ring (bicyclic) bond motifs is 2. The second kappa shape index (κ2) is 13.5. The van der Waals surface area contributed by atoms with Crippen LogP contribution in [0.5, 0.6) is 0 Å². The van der Waals surface area contributed by atoms with Gasteiger partial charge in [0.25, 0.3) is 11.8 Å². The predicted octanol–water partition coefficient (Wildman–Crippen LogP) is 7.57. The van der Waals surface area contributed by atoms with E-state index in [2.05, 4.69) is 17.0 Å². The smallest absolute Gasteiger partial charge is 0.336 e. The second-order valence-electron chi connectivity index (χ2n) is 11.5. The number of anilines is 1. The third-order valence-corrected chi connectivity index (χ3v) is 8.60. The molecule has 9 heteroatoms. The van der Waals surface area contributed by atoms with Crippen LogP contribution in [0.25, 0.3) is 11.0 Å². The lowest BCUT2D eigenvalue weighted by Crippen LogP contribution is -2.36. The zero-order valence-corrected chi connectivity index (χ0v) is 24.6. The number of aromatic nitrogens is 1. The summed E-state index contributed by atoms with van der Waals surface area (Å²) < 4.78 is 19.0. The number of carbonyl (C=O) groups excluding carboxylic acids is 3. The molecule has 0 saturated carbocycles. The number of amides is 2. The molecule has 1 aromatic heterocycles. The van der Waals surface area contributed by atoms with Gasteiger partial charge in [-0.3, -0.25) is 9.59 Å². The first-order chi connectivity index (χ1) is 20.4. The Labute approximate surface area is 246 Å². The summed E-state index contributed by atoms with van der Waals surface area (Å²) in [6.45, 7) is 5.47. The molecule has 1 saturated heterocycles. The highest BCUT2D eigenvalue weighted by Gasteiger charge is 2.42. The van der Waals surface area contributed by atoms with Gasteiger partial charge in [0.2, 0.25) is 0 Å². The van der Waals surface area contributed by atoms with Gasteiger partial charge < -0.3 is 14.3 Å². The molecule has 2 aliphatic heterocycles. The first kappa shape index (κ1) is 29.7. The van der Waals surface area contributed by atoms with Gasteiger partial charge in [-0.25, -0.2) is 9.18 Å². The van der Waals surface area contributed by atoms with E-state index in [-0.39, 0.29) is 28.8 Å². The summed E-state index contributed by atoms with van der Waals surface area (Å²) >= 11 is 0. The molecule has 2 aromatic carbocycles. The maximum Gasteiger partial charge on any atom is 0.336 e. The summed E-state index contributed by atoms with van der Waals surface area (Å²) in [5, 5.41) is 5.70. The lowest BCUT2D eigenvalue weighted by Gasteiger charge is -2.33. The van der Waals surface area contributed by atoms with Crippen molar-refractivity contribution >= 4 is 34.4 Å². The monoisotopic (exact) mass is 577 g/mol. The lowest BCUT2D eigenvalue weighted by molar-refractivity contribution is -0.174. The molecule has 3 aromatic rings. The molecule has 42 heavy (non-hydrogen) atoms. The van der Waals surface area contributed by atoms with Crippen molar-refractivity contribution in [3.63, 3.8) is 0 Å². The number of carbonyl (C=O) groups is 3. The SMILES string of the molecule is CCCCCCCCC(CCC)C(=O)ON1C(=O)c2cccc(N3CCC(c4noc5cc(F)ccc45)CC3)c2C1=O. The number of nitrogens with zero attached hydrogens (tertiary/aromatic N) is 3. The number of hydroxylamine groups is 2. The van der Waals surface area contributed by atoms with Crippen LogP contribution in [0.2, 0.25) is 0 Å². The number of hydrogen-bond acceptors (Lipinski definition) is 7. The highest BCUT2D eigenvalue weighted by atomic mass is 19.1. The number of unbranched alkanes of at least 4 members (excludes halogenated alkanes) is 5. The molecule has 3 heterocycles. The van der Waals surface area contributed by atoms with Gasteiger partial charge >= 0.3 is 5.97 Å². The fourth-order valence-corrected chi connectivity index (χ4v) is 6.28. The van der Waals surface area contributed by atoms with Crippen molar-refractivity contribution in [2.24, 2.45) is 5.92 Å². The Hall–Kier alpha value is -3.75. The molecule has 2 amide bonds. The molecule has 224 valence electrons. The summed E-state index contributed by atoms with van der Waals surface area (Å²) in [6.07, 6.45) is 10.4. The number of hydrogen-bond donors (Lipinski definition) is 0. The zero-order chi connectivity index (χ0) is 29.6. The van der Waals surface area contributed by atoms with Crippen molar-refractivity contribution in [3.8, 4) is 0 Å². The zero-order valence-electron chi connectivity index (χ0n) is 24.6. The molecule has 1 unspecified atom stereocenters. The fourth-order valence-electron chi connectivity index (χ4n) is 6.28. The summed E-state index contributed by atoms with van der Waals surface area (Å²) in [5.41, 5.74) is 2.43. The third kappa shape index (κ3) is 6.20. The van der Waals surface area contributed by atoms with Crippen LogP contribution in [-0.4, -0.2) is 41.1 Å². The first-order valence-corrected chi connectivity index (χ1v) is 15.5. The van der Waals surface area contributed by atoms with Crippen LogP contribution in [0.4, 0.5) is 10.1 Å². The standard InChI is InChI=1S/C33H40FN3O5/c1-3-5-6-7-8-9-12-23(11-4-2)33(40)42-37-31(38)26-13-10-14-27(29(26)32(37)39)36-19-17-22(18-20-36)30-25-16-15-24(34)21-28(25)41-35-30/h10,13-16,21-23H,3-9,11-12,17-20H2,1-2H3. The van der Waals surface area contributed by atoms with Gasteiger partial charge in [0.1, 0.15) is 5.82 Å². The Balaban J connectivity index is 1.23. The Kier molecular flexibility index (Phi) is 9.55. The van der Waals surface area contributed by atoms with E-state index in [0.717, 1.165) is 49.6 Å². The predicted molar refractivity (Wildman–Crippen MR) is 158 cm³/mol. The van der Waals surface area contributed by atoms with Crippen LogP contribution in [-0.2, 0) is 9.63 Å². The highest BCUT2D eigenvalue weighted by molar-refractivity contribution is 6.23. The maximum absolute atomic E-state index is 13.6. The van der Waals surface area contributed by atoms with E-state index < -0.39 is 17.8 Å². The average molecular weight is 578 g/mol. The van der Waals surface area contributed by atoms with E-state index >= 15 is 0 Å². The number of imide groups is 1. The fraction of sp³-hybridized carbons (Fsp3) is 0.515. The van der Waals surface area contributed by atoms with Crippen LogP contribution in [0.3, 0.4) is 0 Å². The molecule has 2 aliphatic rings. The quantitative estimate of drug-likeness (QED) is 0.153. The van der Waals surface area contributed by atoms with Crippen molar-refractivity contribution in [1.82, 2.24) is 10.2 Å². The van der Waals surface area contributed by atoms with Crippen molar-refractivity contribution in [3.05, 3.63) is 59.0 Å². The number of rotatable bonds is 13. The van der Waals surface area contributed by atoms with E-state index in [9.17, 15) is 18.8 Å². The summed E-state index contributed by atoms with van der Waals surface area (Å²) in [4.78, 5) is 47.5. The van der Waals surface area contributed by atoms with Gasteiger partial charge in [0.05, 0.1) is 28.4 Å². The van der Waals surface area contributed by atoms with Gasteiger partial charge in [0.15, 0.2) is 5.58 Å². The minimum absolute atomic E-state index is 0.127. The van der Waals surface area contributed by atoms with Crippen molar-refractivity contribution in [1.29, 1.82) is 0 Å². The van der Waals surface area contributed by atoms with Crippen molar-refractivity contribution in [2.75, 3.05) is 18.0 Å². The topological polar surface area (TPSA) is 92.9 Å². The van der Waals surface area contributed by atoms with E-state index in [1.807, 2.05) is 13.0 Å². The maximum atomic E-state index is 13.6. The molecular formula is C33H40FN3O5. The van der Waals surface area contributed by atoms with E-state index in [1.165, 1.54) is 31.4 Å². The molecule has 8 nitrogen and oxygen atoms in total. The van der Waals surface area contributed by atoms with Gasteiger partial charge in [-0.05, 0) is 49.9 Å². The Bertz CT molecular complexity index is 1430. The molecule has 0 radical (unpaired) electrons. The Morgan fingerprint density at radius 2 is 1.76 bits per heavy atom. The van der Waals surface area contributed by atoms with Crippen LogP contribution in [0.15, 0.2) is 40.9 Å². The number of benzene rings is 2. The summed E-state index contributed by atoms with van der Waals surface area (Å²) in [5.74, 6) is -2.29. The van der Waals surface area contributed by atoms with Gasteiger partial charge in [-0.2, -0.15) is 0 Å². The largest absolute Gasteiger partial charge is 0.371 e. The van der Waals surface area contributed by atoms with Gasteiger partial charge in [-0.15, -0.1) is 0 Å². The molecule has 0 spiro atoms. The Morgan fingerprint density at radius 3 is 2.52 bits per heavy atom. The van der Waals surface area contributed by atoms with E-state index in [1.54, 1.807) is 18.2 Å². The van der Waals surface area contributed by atoms with Crippen molar-refractivity contribution in [2.45, 2.75) is 90.4 Å². The van der Waals surface area contributed by atoms with Crippen LogP contribution in [0.1, 0.15) is 117 Å². The number of piperidine rings is 1. The van der Waals surface area contributed by atoms with Gasteiger partial charge in [-0.1, -0.05) is 75.1 Å². The molecule has 0 N–H and O–H groups in total. The minimum atomic E-state index is -0.601. The molecule has 0 aliphatic carbocycles. The normalized spacial score (nSPS) is 16.4. The molecule has 1 atom stereocenters. The Morgan fingerprint density at radius 1 is 1.00 bits per heavy atom. The van der Waals surface area contributed by atoms with Crippen LogP contribution < -0.4 is 4.90 Å². The van der Waals surface area contributed by atoms with Crippen molar-refractivity contribution < 1.29 is 28.1 Å². The lowest BCUT2D eigenvalue weighted by atomic mass is 9.91. The third-order valence-electron chi connectivity index (χ3n) is 8.60. The minimum Gasteiger partial charge on any atom is -0.371 e. The second-order valence-corrected chi connectivity index (χ2v) is 11.5. The highest BCUT2D eigenvalue weighted by Crippen LogP contribution is 2.38. The van der Waals surface area contributed by atoms with E-state index in [4.69, 9.17) is 9.36 Å². The summed E-state index contributed by atoms with van der Waals surface area (Å²) in [6, 6.07) is 9.66. The van der Waals surface area contributed by atoms with Gasteiger partial charge in [0, 0.05) is 30.5 Å². The number of halogens is 1. The first-order valence-electron chi connectivity index (χ1n) is 15.5. The molecule has 0 bridgehead atoms. The molecule has 1 fully saturated rings. The van der Waals surface area contributed by atoms with Crippen LogP contribution >= 0.6 is 0 Å². The van der Waals surface area contributed by atoms with E-state index in [0.29, 0.717) is 42.3 Å². The average Bonchev–Trinajstić information content (AvgIpc) is 3.52. The van der Waals surface area contributed by atoms with Crippen LogP contribution in [0, 0.1) is 11.7 Å². The summed E-state index contributed by atoms with van der Waals surface area (Å²) in [7, 11) is 0. The molecular weight excluding hydrogens is 537 g/mol. The molecule has 5 rings (SSSR count).